The number of nitrogens with zero attached hydrogens (tertiary/aromatic N) is 2. The van der Waals surface area contributed by atoms with Crippen LogP contribution in [0.4, 0.5) is 10.1 Å². The molecule has 2 aromatic carbocycles. The fourth-order valence-electron chi connectivity index (χ4n) is 3.73. The third-order valence-electron chi connectivity index (χ3n) is 5.79. The molecular formula is C26H32FN3O4. The van der Waals surface area contributed by atoms with Crippen LogP contribution in [0.25, 0.3) is 0 Å². The van der Waals surface area contributed by atoms with Gasteiger partial charge < -0.3 is 14.8 Å². The maximum Gasteiger partial charge on any atom is 0.243 e. The molecule has 0 aliphatic carbocycles. The van der Waals surface area contributed by atoms with Gasteiger partial charge in [0.25, 0.3) is 0 Å². The number of hydrazone groups is 1. The van der Waals surface area contributed by atoms with Crippen molar-refractivity contribution in [1.29, 1.82) is 0 Å². The number of nitrogens with one attached hydrogen (secondary N) is 1. The van der Waals surface area contributed by atoms with Crippen molar-refractivity contribution in [2.75, 3.05) is 19.5 Å². The van der Waals surface area contributed by atoms with Gasteiger partial charge in [-0.1, -0.05) is 39.8 Å². The number of benzene rings is 2. The van der Waals surface area contributed by atoms with Gasteiger partial charge in [-0.2, -0.15) is 5.10 Å². The third-order valence-corrected chi connectivity index (χ3v) is 5.79. The zero-order chi connectivity index (χ0) is 25.0. The highest BCUT2D eigenvalue weighted by atomic mass is 19.1. The molecule has 0 saturated carbocycles. The summed E-state index contributed by atoms with van der Waals surface area (Å²) in [6.07, 6.45) is 0.987. The van der Waals surface area contributed by atoms with E-state index in [9.17, 15) is 14.0 Å². The maximum atomic E-state index is 14.2. The normalized spacial score (nSPS) is 16.2. The van der Waals surface area contributed by atoms with Gasteiger partial charge in [-0.05, 0) is 36.2 Å². The van der Waals surface area contributed by atoms with Crippen molar-refractivity contribution in [2.24, 2.45) is 16.4 Å². The van der Waals surface area contributed by atoms with E-state index in [2.05, 4.69) is 10.4 Å². The summed E-state index contributed by atoms with van der Waals surface area (Å²) >= 11 is 0. The number of carbonyl (C=O) groups is 2. The van der Waals surface area contributed by atoms with Crippen LogP contribution < -0.4 is 14.8 Å². The third kappa shape index (κ3) is 5.38. The van der Waals surface area contributed by atoms with E-state index in [1.54, 1.807) is 18.2 Å². The minimum atomic E-state index is -0.529. The molecule has 1 atom stereocenters. The fourth-order valence-corrected chi connectivity index (χ4v) is 3.73. The van der Waals surface area contributed by atoms with Crippen LogP contribution in [-0.2, 0) is 16.1 Å². The molecule has 0 aromatic heterocycles. The van der Waals surface area contributed by atoms with Gasteiger partial charge in [-0.15, -0.1) is 0 Å². The summed E-state index contributed by atoms with van der Waals surface area (Å²) in [6.45, 7) is 7.81. The Balaban J connectivity index is 1.89. The highest BCUT2D eigenvalue weighted by Gasteiger charge is 2.32. The van der Waals surface area contributed by atoms with E-state index in [1.807, 2.05) is 39.8 Å². The average molecular weight is 470 g/mol. The standard InChI is InChI=1S/C26H32FN3O4/c1-7-17-14-21(31)30(15-16-8-10-18(11-9-16)28-25(32)26(2,3)4)29-22(17)19-12-13-20(27)24(34-6)23(19)33-5/h8-13,17H,7,14-15H2,1-6H3,(H,28,32). The number of halogens is 1. The molecule has 0 spiro atoms. The summed E-state index contributed by atoms with van der Waals surface area (Å²) in [4.78, 5) is 25.0. The van der Waals surface area contributed by atoms with Crippen molar-refractivity contribution in [3.05, 3.63) is 53.3 Å². The van der Waals surface area contributed by atoms with Gasteiger partial charge in [-0.3, -0.25) is 9.59 Å². The molecule has 2 amide bonds. The summed E-state index contributed by atoms with van der Waals surface area (Å²) in [5.74, 6) is -0.549. The second-order valence-corrected chi connectivity index (χ2v) is 9.31. The second-order valence-electron chi connectivity index (χ2n) is 9.31. The number of hydrogen-bond acceptors (Lipinski definition) is 5. The number of amides is 2. The zero-order valence-corrected chi connectivity index (χ0v) is 20.6. The largest absolute Gasteiger partial charge is 0.492 e. The quantitative estimate of drug-likeness (QED) is 0.620. The number of carbonyl (C=O) groups excluding carboxylic acids is 2. The fraction of sp³-hybridized carbons (Fsp3) is 0.423. The molecule has 1 aliphatic rings. The van der Waals surface area contributed by atoms with Crippen molar-refractivity contribution in [1.82, 2.24) is 5.01 Å². The van der Waals surface area contributed by atoms with Crippen LogP contribution >= 0.6 is 0 Å². The number of anilines is 1. The molecule has 8 heteroatoms. The SMILES string of the molecule is CCC1CC(=O)N(Cc2ccc(NC(=O)C(C)(C)C)cc2)N=C1c1ccc(F)c(OC)c1OC. The molecule has 1 heterocycles. The minimum Gasteiger partial charge on any atom is -0.492 e. The van der Waals surface area contributed by atoms with Crippen LogP contribution in [0.5, 0.6) is 11.5 Å². The highest BCUT2D eigenvalue weighted by molar-refractivity contribution is 6.08. The lowest BCUT2D eigenvalue weighted by Crippen LogP contribution is -2.37. The number of rotatable bonds is 7. The zero-order valence-electron chi connectivity index (χ0n) is 20.6. The highest BCUT2D eigenvalue weighted by Crippen LogP contribution is 2.37. The van der Waals surface area contributed by atoms with Gasteiger partial charge in [-0.25, -0.2) is 9.40 Å². The van der Waals surface area contributed by atoms with Crippen LogP contribution in [0.1, 0.15) is 51.7 Å². The van der Waals surface area contributed by atoms with E-state index in [0.29, 0.717) is 23.4 Å². The van der Waals surface area contributed by atoms with Gasteiger partial charge >= 0.3 is 0 Å². The molecule has 0 radical (unpaired) electrons. The molecule has 34 heavy (non-hydrogen) atoms. The van der Waals surface area contributed by atoms with Gasteiger partial charge in [0.15, 0.2) is 17.3 Å². The monoisotopic (exact) mass is 469 g/mol. The summed E-state index contributed by atoms with van der Waals surface area (Å²) in [5.41, 5.74) is 2.32. The van der Waals surface area contributed by atoms with Gasteiger partial charge in [0.2, 0.25) is 11.8 Å². The molecule has 1 N–H and O–H groups in total. The Bertz CT molecular complexity index is 1090. The molecule has 182 valence electrons. The van der Waals surface area contributed by atoms with Gasteiger partial charge in [0.1, 0.15) is 0 Å². The van der Waals surface area contributed by atoms with Crippen LogP contribution in [-0.4, -0.2) is 36.8 Å². The van der Waals surface area contributed by atoms with E-state index in [0.717, 1.165) is 5.56 Å². The molecule has 0 bridgehead atoms. The molecule has 2 aromatic rings. The Hall–Kier alpha value is -3.42. The van der Waals surface area contributed by atoms with Gasteiger partial charge in [0, 0.05) is 29.0 Å². The van der Waals surface area contributed by atoms with Crippen molar-refractivity contribution < 1.29 is 23.5 Å². The first-order valence-electron chi connectivity index (χ1n) is 11.3. The lowest BCUT2D eigenvalue weighted by Gasteiger charge is -2.30. The van der Waals surface area contributed by atoms with Crippen molar-refractivity contribution in [3.8, 4) is 11.5 Å². The van der Waals surface area contributed by atoms with Crippen LogP contribution in [0, 0.1) is 17.2 Å². The first-order valence-corrected chi connectivity index (χ1v) is 11.3. The predicted octanol–water partition coefficient (Wildman–Crippen LogP) is 4.99. The first kappa shape index (κ1) is 25.2. The summed E-state index contributed by atoms with van der Waals surface area (Å²) in [6, 6.07) is 10.2. The number of ether oxygens (including phenoxy) is 2. The predicted molar refractivity (Wildman–Crippen MR) is 130 cm³/mol. The van der Waals surface area contributed by atoms with E-state index in [4.69, 9.17) is 9.47 Å². The van der Waals surface area contributed by atoms with Crippen LogP contribution in [0.15, 0.2) is 41.5 Å². The lowest BCUT2D eigenvalue weighted by atomic mass is 9.89. The minimum absolute atomic E-state index is 0.00824. The molecule has 1 aliphatic heterocycles. The molecule has 1 unspecified atom stereocenters. The maximum absolute atomic E-state index is 14.2. The van der Waals surface area contributed by atoms with E-state index >= 15 is 0 Å². The van der Waals surface area contributed by atoms with E-state index in [1.165, 1.54) is 25.3 Å². The second kappa shape index (κ2) is 10.2. The van der Waals surface area contributed by atoms with E-state index in [-0.39, 0.29) is 42.2 Å². The van der Waals surface area contributed by atoms with E-state index < -0.39 is 11.2 Å². The lowest BCUT2D eigenvalue weighted by molar-refractivity contribution is -0.133. The van der Waals surface area contributed by atoms with Crippen molar-refractivity contribution in [3.63, 3.8) is 0 Å². The van der Waals surface area contributed by atoms with Crippen molar-refractivity contribution >= 4 is 23.2 Å². The molecule has 0 fully saturated rings. The summed E-state index contributed by atoms with van der Waals surface area (Å²) in [5, 5.41) is 8.99. The summed E-state index contributed by atoms with van der Waals surface area (Å²) in [7, 11) is 2.84. The Morgan fingerprint density at radius 3 is 2.32 bits per heavy atom. The average Bonchev–Trinajstić information content (AvgIpc) is 2.80. The Labute approximate surface area is 199 Å². The summed E-state index contributed by atoms with van der Waals surface area (Å²) < 4.78 is 24.9. The molecule has 0 saturated heterocycles. The smallest absolute Gasteiger partial charge is 0.243 e. The Kier molecular flexibility index (Phi) is 7.59. The molecular weight excluding hydrogens is 437 g/mol. The first-order chi connectivity index (χ1) is 16.1. The van der Waals surface area contributed by atoms with Gasteiger partial charge in [0.05, 0.1) is 26.5 Å². The Morgan fingerprint density at radius 2 is 1.76 bits per heavy atom. The number of hydrogen-bond donors (Lipinski definition) is 1. The Morgan fingerprint density at radius 1 is 1.12 bits per heavy atom. The molecule has 7 nitrogen and oxygen atoms in total. The van der Waals surface area contributed by atoms with Crippen molar-refractivity contribution in [2.45, 2.75) is 47.1 Å². The van der Waals surface area contributed by atoms with Crippen LogP contribution in [0.2, 0.25) is 0 Å². The molecule has 3 rings (SSSR count). The topological polar surface area (TPSA) is 80.2 Å². The van der Waals surface area contributed by atoms with Crippen LogP contribution in [0.3, 0.4) is 0 Å². The number of methoxy groups -OCH3 is 2.